The van der Waals surface area contributed by atoms with Gasteiger partial charge < -0.3 is 5.32 Å². The van der Waals surface area contributed by atoms with E-state index in [1.54, 1.807) is 18.3 Å². The van der Waals surface area contributed by atoms with E-state index in [1.165, 1.54) is 6.08 Å². The van der Waals surface area contributed by atoms with Crippen LogP contribution >= 0.6 is 11.3 Å². The first-order valence-electron chi connectivity index (χ1n) is 9.85. The highest BCUT2D eigenvalue weighted by molar-refractivity contribution is 7.17. The number of hydrogen-bond donors (Lipinski definition) is 1. The van der Waals surface area contributed by atoms with Crippen molar-refractivity contribution in [1.29, 1.82) is 0 Å². The van der Waals surface area contributed by atoms with Crippen LogP contribution in [0, 0.1) is 5.92 Å². The van der Waals surface area contributed by atoms with Crippen LogP contribution in [0.3, 0.4) is 0 Å². The molecule has 3 rings (SSSR count). The number of nitrogens with one attached hydrogen (secondary N) is 1. The Morgan fingerprint density at radius 2 is 2.16 bits per heavy atom. The van der Waals surface area contributed by atoms with Crippen molar-refractivity contribution in [2.75, 3.05) is 6.54 Å². The van der Waals surface area contributed by atoms with Gasteiger partial charge in [0.25, 0.3) is 5.91 Å². The van der Waals surface area contributed by atoms with Crippen LogP contribution in [-0.4, -0.2) is 28.4 Å². The molecule has 0 aromatic carbocycles. The minimum Gasteiger partial charge on any atom is -0.351 e. The summed E-state index contributed by atoms with van der Waals surface area (Å²) in [7, 11) is 0. The standard InChI is InChI=1S/C22H23F3N4OS/c1-3-15(2)29-20(22(23,24)25)13-17(28-29)18-9-10-19(31-18)21(30)27-12-5-4-7-16-8-6-11-26-14-16/h3,6,9-11,13-14,16H,1-2,4-5,7-8,12H2,(H,27,30)/t16-/m0/s1. The fraction of sp³-hybridized carbons (Fsp3) is 0.318. The summed E-state index contributed by atoms with van der Waals surface area (Å²) in [5.41, 5.74) is -0.795. The van der Waals surface area contributed by atoms with Gasteiger partial charge in [0.15, 0.2) is 0 Å². The van der Waals surface area contributed by atoms with Crippen molar-refractivity contribution in [1.82, 2.24) is 15.1 Å². The van der Waals surface area contributed by atoms with Crippen LogP contribution in [0.5, 0.6) is 0 Å². The molecule has 1 atom stereocenters. The highest BCUT2D eigenvalue weighted by Gasteiger charge is 2.36. The van der Waals surface area contributed by atoms with E-state index in [0.29, 0.717) is 26.9 Å². The van der Waals surface area contributed by atoms with Gasteiger partial charge in [-0.15, -0.1) is 11.3 Å². The quantitative estimate of drug-likeness (QED) is 0.390. The van der Waals surface area contributed by atoms with Crippen LogP contribution in [0.25, 0.3) is 16.3 Å². The number of unbranched alkanes of at least 4 members (excludes halogenated alkanes) is 1. The second-order valence-electron chi connectivity index (χ2n) is 7.11. The number of hydrogen-bond acceptors (Lipinski definition) is 4. The van der Waals surface area contributed by atoms with Crippen LogP contribution < -0.4 is 5.32 Å². The van der Waals surface area contributed by atoms with Crippen molar-refractivity contribution in [3.05, 3.63) is 60.3 Å². The molecule has 1 amide bonds. The Morgan fingerprint density at radius 1 is 1.35 bits per heavy atom. The number of amides is 1. The summed E-state index contributed by atoms with van der Waals surface area (Å²) in [5.74, 6) is 0.212. The molecule has 0 fully saturated rings. The van der Waals surface area contributed by atoms with Gasteiger partial charge in [-0.2, -0.15) is 18.3 Å². The average molecular weight is 449 g/mol. The molecule has 0 saturated carbocycles. The molecule has 0 spiro atoms. The van der Waals surface area contributed by atoms with E-state index >= 15 is 0 Å². The molecule has 0 aliphatic carbocycles. The molecule has 1 aliphatic rings. The van der Waals surface area contributed by atoms with E-state index in [4.69, 9.17) is 0 Å². The second kappa shape index (κ2) is 9.91. The average Bonchev–Trinajstić information content (AvgIpc) is 3.41. The van der Waals surface area contributed by atoms with Gasteiger partial charge in [-0.05, 0) is 49.5 Å². The van der Waals surface area contributed by atoms with Gasteiger partial charge in [0.1, 0.15) is 11.4 Å². The maximum absolute atomic E-state index is 13.3. The molecule has 0 unspecified atom stereocenters. The van der Waals surface area contributed by atoms with Crippen LogP contribution in [-0.2, 0) is 6.18 Å². The van der Waals surface area contributed by atoms with Gasteiger partial charge >= 0.3 is 6.18 Å². The third kappa shape index (κ3) is 5.81. The predicted octanol–water partition coefficient (Wildman–Crippen LogP) is 5.79. The Kier molecular flexibility index (Phi) is 7.27. The number of halogens is 3. The van der Waals surface area contributed by atoms with E-state index < -0.39 is 11.9 Å². The molecule has 9 heteroatoms. The van der Waals surface area contributed by atoms with E-state index in [9.17, 15) is 18.0 Å². The van der Waals surface area contributed by atoms with E-state index in [1.807, 2.05) is 6.21 Å². The molecule has 2 aromatic heterocycles. The molecule has 31 heavy (non-hydrogen) atoms. The minimum atomic E-state index is -4.59. The van der Waals surface area contributed by atoms with Crippen LogP contribution in [0.2, 0.25) is 0 Å². The van der Waals surface area contributed by atoms with Gasteiger partial charge in [0, 0.05) is 19.0 Å². The Hall–Kier alpha value is -2.94. The number of alkyl halides is 3. The zero-order valence-electron chi connectivity index (χ0n) is 16.9. The Morgan fingerprint density at radius 3 is 2.84 bits per heavy atom. The lowest BCUT2D eigenvalue weighted by molar-refractivity contribution is -0.142. The number of carbonyl (C=O) groups is 1. The summed E-state index contributed by atoms with van der Waals surface area (Å²) < 4.78 is 40.7. The summed E-state index contributed by atoms with van der Waals surface area (Å²) in [4.78, 5) is 17.4. The molecule has 3 heterocycles. The largest absolute Gasteiger partial charge is 0.433 e. The predicted molar refractivity (Wildman–Crippen MR) is 118 cm³/mol. The van der Waals surface area contributed by atoms with Crippen molar-refractivity contribution < 1.29 is 18.0 Å². The van der Waals surface area contributed by atoms with Gasteiger partial charge in [0.05, 0.1) is 15.5 Å². The zero-order chi connectivity index (χ0) is 22.4. The lowest BCUT2D eigenvalue weighted by atomic mass is 9.98. The van der Waals surface area contributed by atoms with Gasteiger partial charge in [-0.1, -0.05) is 25.7 Å². The first kappa shape index (κ1) is 22.7. The number of rotatable bonds is 9. The monoisotopic (exact) mass is 448 g/mol. The Balaban J connectivity index is 1.58. The lowest BCUT2D eigenvalue weighted by Crippen LogP contribution is -2.23. The highest BCUT2D eigenvalue weighted by atomic mass is 32.1. The molecule has 1 N–H and O–H groups in total. The lowest BCUT2D eigenvalue weighted by Gasteiger charge is -2.11. The topological polar surface area (TPSA) is 59.3 Å². The van der Waals surface area contributed by atoms with Gasteiger partial charge in [-0.25, -0.2) is 4.68 Å². The highest BCUT2D eigenvalue weighted by Crippen LogP contribution is 2.35. The number of nitrogens with zero attached hydrogens (tertiary/aromatic N) is 3. The first-order valence-corrected chi connectivity index (χ1v) is 10.7. The molecule has 0 saturated heterocycles. The molecule has 2 aromatic rings. The zero-order valence-corrected chi connectivity index (χ0v) is 17.7. The molecular formula is C22H23F3N4OS. The fourth-order valence-corrected chi connectivity index (χ4v) is 4.03. The summed E-state index contributed by atoms with van der Waals surface area (Å²) in [6, 6.07) is 4.14. The summed E-state index contributed by atoms with van der Waals surface area (Å²) in [6.45, 7) is 7.54. The molecular weight excluding hydrogens is 425 g/mol. The molecule has 5 nitrogen and oxygen atoms in total. The molecule has 164 valence electrons. The second-order valence-corrected chi connectivity index (χ2v) is 8.20. The fourth-order valence-electron chi connectivity index (χ4n) is 3.15. The van der Waals surface area contributed by atoms with Crippen molar-refractivity contribution >= 4 is 29.2 Å². The van der Waals surface area contributed by atoms with Gasteiger partial charge in [0.2, 0.25) is 0 Å². The van der Waals surface area contributed by atoms with Crippen molar-refractivity contribution in [3.63, 3.8) is 0 Å². The SMILES string of the molecule is C=CC(=C)n1nc(-c2ccc(C(=O)NCCCC[C@@H]3C=NC=CC3)s2)cc1C(F)(F)F. The summed E-state index contributed by atoms with van der Waals surface area (Å²) >= 11 is 1.10. The van der Waals surface area contributed by atoms with Crippen LogP contribution in [0.4, 0.5) is 13.2 Å². The number of carbonyl (C=O) groups excluding carboxylic acids is 1. The Labute approximate surface area is 182 Å². The molecule has 0 bridgehead atoms. The summed E-state index contributed by atoms with van der Waals surface area (Å²) in [6.07, 6.45) is 6.28. The Bertz CT molecular complexity index is 1020. The van der Waals surface area contributed by atoms with E-state index in [2.05, 4.69) is 34.6 Å². The number of aliphatic imine (C=N–C) groups is 1. The van der Waals surface area contributed by atoms with Crippen molar-refractivity contribution in [2.45, 2.75) is 31.9 Å². The molecule has 1 aliphatic heterocycles. The number of thiophene rings is 1. The van der Waals surface area contributed by atoms with Crippen LogP contribution in [0.15, 0.2) is 54.7 Å². The maximum Gasteiger partial charge on any atom is 0.433 e. The third-order valence-corrected chi connectivity index (χ3v) is 5.91. The van der Waals surface area contributed by atoms with E-state index in [0.717, 1.165) is 43.1 Å². The van der Waals surface area contributed by atoms with E-state index in [-0.39, 0.29) is 17.3 Å². The normalized spacial score (nSPS) is 15.8. The van der Waals surface area contributed by atoms with Crippen LogP contribution in [0.1, 0.15) is 41.0 Å². The van der Waals surface area contributed by atoms with Crippen molar-refractivity contribution in [3.8, 4) is 10.6 Å². The maximum atomic E-state index is 13.3. The van der Waals surface area contributed by atoms with Gasteiger partial charge in [-0.3, -0.25) is 9.79 Å². The third-order valence-electron chi connectivity index (χ3n) is 4.80. The first-order chi connectivity index (χ1) is 14.8. The van der Waals surface area contributed by atoms with Crippen molar-refractivity contribution in [2.24, 2.45) is 10.9 Å². The number of aromatic nitrogens is 2. The smallest absolute Gasteiger partial charge is 0.351 e. The summed E-state index contributed by atoms with van der Waals surface area (Å²) in [5, 5.41) is 6.87. The molecule has 0 radical (unpaired) electrons. The minimum absolute atomic E-state index is 0.0172. The number of allylic oxidation sites excluding steroid dienone is 3.